The number of hydrogen-bond donors (Lipinski definition) is 0. The molecule has 6 nitrogen and oxygen atoms in total. The fourth-order valence-corrected chi connectivity index (χ4v) is 10.9. The number of benzene rings is 4. The molecule has 2 aliphatic rings. The highest BCUT2D eigenvalue weighted by Crippen LogP contribution is 2.37. The van der Waals surface area contributed by atoms with Crippen LogP contribution in [0.25, 0.3) is 22.3 Å². The first-order valence-electron chi connectivity index (χ1n) is 30.4. The molecule has 6 rings (SSSR count). The van der Waals surface area contributed by atoms with Crippen LogP contribution < -0.4 is 18.9 Å². The highest BCUT2D eigenvalue weighted by atomic mass is 19.2. The van der Waals surface area contributed by atoms with Gasteiger partial charge in [0.2, 0.25) is 11.6 Å². The Kier molecular flexibility index (Phi) is 29.7. The molecule has 426 valence electrons. The fourth-order valence-electron chi connectivity index (χ4n) is 10.9. The van der Waals surface area contributed by atoms with E-state index in [1.807, 2.05) is 0 Å². The van der Waals surface area contributed by atoms with Crippen LogP contribution >= 0.6 is 0 Å². The smallest absolute Gasteiger partial charge is 0.314 e. The highest BCUT2D eigenvalue weighted by Gasteiger charge is 2.30. The zero-order chi connectivity index (χ0) is 55.0. The molecule has 77 heavy (non-hydrogen) atoms. The molecular formula is C67H94F4O6. The van der Waals surface area contributed by atoms with Crippen molar-refractivity contribution in [2.45, 2.75) is 227 Å². The van der Waals surface area contributed by atoms with Crippen molar-refractivity contribution in [1.29, 1.82) is 0 Å². The van der Waals surface area contributed by atoms with E-state index in [1.165, 1.54) is 140 Å². The molecular weight excluding hydrogens is 977 g/mol. The van der Waals surface area contributed by atoms with Gasteiger partial charge in [-0.15, -0.1) is 0 Å². The molecule has 0 saturated heterocycles. The van der Waals surface area contributed by atoms with Gasteiger partial charge in [0.05, 0.1) is 25.0 Å². The van der Waals surface area contributed by atoms with Gasteiger partial charge >= 0.3 is 11.9 Å². The Morgan fingerprint density at radius 2 is 0.740 bits per heavy atom. The normalized spacial score (nSPS) is 17.3. The quantitative estimate of drug-likeness (QED) is 0.0205. The van der Waals surface area contributed by atoms with Crippen molar-refractivity contribution in [1.82, 2.24) is 0 Å². The van der Waals surface area contributed by atoms with Crippen LogP contribution in [0, 0.1) is 46.9 Å². The van der Waals surface area contributed by atoms with E-state index in [-0.39, 0.29) is 40.4 Å². The maximum absolute atomic E-state index is 15.0. The molecule has 0 N–H and O–H groups in total. The first-order valence-corrected chi connectivity index (χ1v) is 30.4. The molecule has 0 amide bonds. The Balaban J connectivity index is 0.000000284. The number of ether oxygens (including phenoxy) is 4. The van der Waals surface area contributed by atoms with Gasteiger partial charge in [0.25, 0.3) is 0 Å². The van der Waals surface area contributed by atoms with Crippen molar-refractivity contribution in [2.75, 3.05) is 13.2 Å². The van der Waals surface area contributed by atoms with Gasteiger partial charge in [-0.3, -0.25) is 9.59 Å². The second-order valence-electron chi connectivity index (χ2n) is 22.1. The van der Waals surface area contributed by atoms with Gasteiger partial charge in [0, 0.05) is 11.1 Å². The minimum absolute atomic E-state index is 0.0546. The Bertz CT molecular complexity index is 2270. The number of unbranched alkanes of at least 4 members (excludes halogenated alkanes) is 17. The highest BCUT2D eigenvalue weighted by molar-refractivity contribution is 5.76. The summed E-state index contributed by atoms with van der Waals surface area (Å²) in [6, 6.07) is 19.5. The largest absolute Gasteiger partial charge is 0.494 e. The number of rotatable bonds is 33. The minimum atomic E-state index is -1.12. The SMILES string of the molecule is CCCCCCCCOc1ccc(-c2ccc(OC(=O)C3CCC(CCCCCC)CC3)cc2)c(F)c1F.CCCCCCCCOc1ccc(-c2ccc(OC(=O)C3CCC(CCCCCCC)CC3)c(F)c2F)cc1. The molecule has 0 spiro atoms. The molecule has 2 fully saturated rings. The molecule has 0 heterocycles. The number of carbonyl (C=O) groups is 2. The average Bonchev–Trinajstić information content (AvgIpc) is 3.46. The van der Waals surface area contributed by atoms with Gasteiger partial charge in [0.1, 0.15) is 11.5 Å². The number of carbonyl (C=O) groups excluding carboxylic acids is 2. The second-order valence-corrected chi connectivity index (χ2v) is 22.1. The van der Waals surface area contributed by atoms with Crippen molar-refractivity contribution in [3.63, 3.8) is 0 Å². The molecule has 2 aliphatic carbocycles. The summed E-state index contributed by atoms with van der Waals surface area (Å²) in [6.07, 6.45) is 35.3. The predicted octanol–water partition coefficient (Wildman–Crippen LogP) is 20.5. The lowest BCUT2D eigenvalue weighted by Gasteiger charge is -2.27. The maximum Gasteiger partial charge on any atom is 0.314 e. The fraction of sp³-hybridized carbons (Fsp3) is 0.612. The molecule has 0 unspecified atom stereocenters. The van der Waals surface area contributed by atoms with Crippen molar-refractivity contribution >= 4 is 11.9 Å². The Labute approximate surface area is 461 Å². The minimum Gasteiger partial charge on any atom is -0.494 e. The van der Waals surface area contributed by atoms with Crippen LogP contribution in [0.1, 0.15) is 227 Å². The molecule has 0 radical (unpaired) electrons. The number of esters is 2. The van der Waals surface area contributed by atoms with Gasteiger partial charge in [-0.05, 0) is 136 Å². The van der Waals surface area contributed by atoms with Gasteiger partial charge in [-0.1, -0.05) is 187 Å². The molecule has 0 aromatic heterocycles. The summed E-state index contributed by atoms with van der Waals surface area (Å²) in [5.74, 6) is -2.81. The van der Waals surface area contributed by atoms with E-state index in [0.29, 0.717) is 41.8 Å². The first kappa shape index (κ1) is 63.0. The zero-order valence-corrected chi connectivity index (χ0v) is 47.5. The lowest BCUT2D eigenvalue weighted by atomic mass is 9.80. The molecule has 4 aromatic rings. The first-order chi connectivity index (χ1) is 37.6. The molecule has 2 saturated carbocycles. The van der Waals surface area contributed by atoms with Gasteiger partial charge in [0.15, 0.2) is 23.1 Å². The molecule has 0 bridgehead atoms. The van der Waals surface area contributed by atoms with E-state index >= 15 is 0 Å². The van der Waals surface area contributed by atoms with Crippen LogP contribution in [0.2, 0.25) is 0 Å². The number of hydrogen-bond acceptors (Lipinski definition) is 6. The molecule has 0 aliphatic heterocycles. The molecule has 10 heteroatoms. The van der Waals surface area contributed by atoms with Crippen molar-refractivity contribution in [3.05, 3.63) is 96.1 Å². The van der Waals surface area contributed by atoms with Crippen molar-refractivity contribution < 1.29 is 46.1 Å². The van der Waals surface area contributed by atoms with E-state index < -0.39 is 29.2 Å². The Hall–Kier alpha value is -4.86. The van der Waals surface area contributed by atoms with Crippen LogP contribution in [-0.4, -0.2) is 25.2 Å². The van der Waals surface area contributed by atoms with Gasteiger partial charge < -0.3 is 18.9 Å². The third-order valence-electron chi connectivity index (χ3n) is 15.9. The van der Waals surface area contributed by atoms with Gasteiger partial charge in [-0.2, -0.15) is 8.78 Å². The van der Waals surface area contributed by atoms with E-state index in [2.05, 4.69) is 27.7 Å². The summed E-state index contributed by atoms with van der Waals surface area (Å²) in [6.45, 7) is 9.86. The summed E-state index contributed by atoms with van der Waals surface area (Å²) in [7, 11) is 0. The van der Waals surface area contributed by atoms with E-state index in [0.717, 1.165) is 89.4 Å². The third kappa shape index (κ3) is 22.1. The molecule has 0 atom stereocenters. The van der Waals surface area contributed by atoms with Crippen LogP contribution in [0.5, 0.6) is 23.0 Å². The van der Waals surface area contributed by atoms with E-state index in [1.54, 1.807) is 48.5 Å². The zero-order valence-electron chi connectivity index (χ0n) is 47.5. The average molecular weight is 1070 g/mol. The second kappa shape index (κ2) is 36.3. The maximum atomic E-state index is 15.0. The lowest BCUT2D eigenvalue weighted by Crippen LogP contribution is -2.26. The summed E-state index contributed by atoms with van der Waals surface area (Å²) in [5.41, 5.74) is 1.36. The van der Waals surface area contributed by atoms with Crippen molar-refractivity contribution in [2.24, 2.45) is 23.7 Å². The third-order valence-corrected chi connectivity index (χ3v) is 15.9. The van der Waals surface area contributed by atoms with Crippen LogP contribution in [-0.2, 0) is 9.59 Å². The summed E-state index contributed by atoms with van der Waals surface area (Å²) >= 11 is 0. The van der Waals surface area contributed by atoms with Crippen LogP contribution in [0.15, 0.2) is 72.8 Å². The predicted molar refractivity (Wildman–Crippen MR) is 306 cm³/mol. The van der Waals surface area contributed by atoms with E-state index in [4.69, 9.17) is 18.9 Å². The summed E-state index contributed by atoms with van der Waals surface area (Å²) < 4.78 is 81.6. The van der Waals surface area contributed by atoms with Crippen LogP contribution in [0.4, 0.5) is 17.6 Å². The Morgan fingerprint density at radius 3 is 1.21 bits per heavy atom. The standard InChI is InChI=1S/C34H48F2O3.C33H46F2O3/c1-3-5-7-9-11-13-25-38-29-21-19-27(20-22-29)30-23-24-31(33(36)32(30)35)39-34(37)28-17-15-26(16-18-28)14-12-10-8-6-4-2;1-3-5-7-9-10-12-24-37-30-23-22-29(31(34)32(30)35)26-18-20-28(21-19-26)38-33(36)27-16-14-25(15-17-27)13-11-8-6-4-2/h19-24,26,28H,3-18,25H2,1-2H3;18-23,25,27H,3-17,24H2,1-2H3. The number of halogens is 4. The monoisotopic (exact) mass is 1070 g/mol. The summed E-state index contributed by atoms with van der Waals surface area (Å²) in [5, 5.41) is 0. The summed E-state index contributed by atoms with van der Waals surface area (Å²) in [4.78, 5) is 25.4. The van der Waals surface area contributed by atoms with Gasteiger partial charge in [-0.25, -0.2) is 8.78 Å². The van der Waals surface area contributed by atoms with Crippen molar-refractivity contribution in [3.8, 4) is 45.3 Å². The Morgan fingerprint density at radius 1 is 0.377 bits per heavy atom. The lowest BCUT2D eigenvalue weighted by molar-refractivity contribution is -0.141. The van der Waals surface area contributed by atoms with E-state index in [9.17, 15) is 27.2 Å². The topological polar surface area (TPSA) is 71.1 Å². The van der Waals surface area contributed by atoms with Crippen LogP contribution in [0.3, 0.4) is 0 Å². The molecule has 4 aromatic carbocycles.